The minimum Gasteiger partial charge on any atom is -0.370 e. The van der Waals surface area contributed by atoms with Crippen LogP contribution in [-0.2, 0) is 23.8 Å². The number of aromatic amines is 1. The first-order chi connectivity index (χ1) is 22.0. The van der Waals surface area contributed by atoms with Crippen molar-refractivity contribution >= 4 is 17.0 Å². The van der Waals surface area contributed by atoms with Gasteiger partial charge in [0, 0.05) is 41.8 Å². The molecule has 2 aromatic heterocycles. The van der Waals surface area contributed by atoms with E-state index in [-0.39, 0.29) is 28.5 Å². The Hall–Kier alpha value is -4.09. The van der Waals surface area contributed by atoms with Crippen LogP contribution in [0.15, 0.2) is 58.4 Å². The molecule has 47 heavy (non-hydrogen) atoms. The van der Waals surface area contributed by atoms with Gasteiger partial charge in [-0.05, 0) is 85.5 Å². The van der Waals surface area contributed by atoms with E-state index in [9.17, 15) is 13.6 Å². The highest BCUT2D eigenvalue weighted by Gasteiger charge is 2.22. The molecule has 0 saturated carbocycles. The van der Waals surface area contributed by atoms with Crippen LogP contribution in [0.3, 0.4) is 0 Å². The lowest BCUT2D eigenvalue weighted by Crippen LogP contribution is -2.23. The molecular weight excluding hydrogens is 598 g/mol. The van der Waals surface area contributed by atoms with Crippen LogP contribution in [0.5, 0.6) is 0 Å². The van der Waals surface area contributed by atoms with Crippen LogP contribution in [0.2, 0.25) is 0 Å². The van der Waals surface area contributed by atoms with E-state index in [1.165, 1.54) is 6.07 Å². The Labute approximate surface area is 277 Å². The Kier molecular flexibility index (Phi) is 12.8. The largest absolute Gasteiger partial charge is 0.370 e. The first-order valence-corrected chi connectivity index (χ1v) is 16.2. The molecule has 4 rings (SSSR count). The number of fused-ring (bicyclic) bond motifs is 1. The van der Waals surface area contributed by atoms with E-state index in [1.807, 2.05) is 58.2 Å². The summed E-state index contributed by atoms with van der Waals surface area (Å²) in [5.74, 6) is -1.35. The normalized spacial score (nSPS) is 12.5. The first kappa shape index (κ1) is 37.4. The minimum atomic E-state index is -0.752. The van der Waals surface area contributed by atoms with E-state index in [0.717, 1.165) is 66.7 Å². The molecule has 0 amide bonds. The summed E-state index contributed by atoms with van der Waals surface area (Å²) in [6.07, 6.45) is 5.23. The monoisotopic (exact) mass is 650 g/mol. The van der Waals surface area contributed by atoms with Gasteiger partial charge >= 0.3 is 5.69 Å². The average Bonchev–Trinajstić information content (AvgIpc) is 3.40. The lowest BCUT2D eigenvalue weighted by atomic mass is 9.85. The third-order valence-electron chi connectivity index (χ3n) is 7.69. The maximum absolute atomic E-state index is 13.7. The van der Waals surface area contributed by atoms with Crippen LogP contribution in [0, 0.1) is 11.6 Å². The highest BCUT2D eigenvalue weighted by molar-refractivity contribution is 5.76. The molecule has 8 N–H and O–H groups in total. The van der Waals surface area contributed by atoms with Gasteiger partial charge in [-0.1, -0.05) is 59.7 Å². The fourth-order valence-electron chi connectivity index (χ4n) is 4.97. The zero-order valence-electron chi connectivity index (χ0n) is 28.9. The number of aliphatic imine (C=N–C) groups is 1. The van der Waals surface area contributed by atoms with Crippen molar-refractivity contribution in [1.82, 2.24) is 19.9 Å². The van der Waals surface area contributed by atoms with Gasteiger partial charge in [0.25, 0.3) is 0 Å². The summed E-state index contributed by atoms with van der Waals surface area (Å²) in [5, 5.41) is 4.27. The fourth-order valence-corrected chi connectivity index (χ4v) is 4.97. The number of hydrogen-bond donors (Lipinski definition) is 5. The Morgan fingerprint density at radius 2 is 1.68 bits per heavy atom. The summed E-state index contributed by atoms with van der Waals surface area (Å²) in [6, 6.07) is 13.2. The molecule has 256 valence electrons. The molecule has 0 spiro atoms. The number of H-pyrrole nitrogens is 1. The Morgan fingerprint density at radius 1 is 1.00 bits per heavy atom. The van der Waals surface area contributed by atoms with E-state index < -0.39 is 11.6 Å². The molecule has 2 aromatic carbocycles. The first-order valence-electron chi connectivity index (χ1n) is 16.2. The Bertz CT molecular complexity index is 1690. The van der Waals surface area contributed by atoms with Gasteiger partial charge in [0.05, 0.1) is 5.69 Å². The van der Waals surface area contributed by atoms with Crippen molar-refractivity contribution in [3.63, 3.8) is 0 Å². The van der Waals surface area contributed by atoms with Crippen LogP contribution in [-0.4, -0.2) is 39.6 Å². The van der Waals surface area contributed by atoms with Crippen LogP contribution < -0.4 is 28.2 Å². The molecule has 9 nitrogen and oxygen atoms in total. The lowest BCUT2D eigenvalue weighted by molar-refractivity contribution is 0.462. The van der Waals surface area contributed by atoms with Crippen molar-refractivity contribution in [2.75, 3.05) is 13.1 Å². The summed E-state index contributed by atoms with van der Waals surface area (Å²) in [6.45, 7) is 16.1. The Morgan fingerprint density at radius 3 is 2.28 bits per heavy atom. The standard InChI is InChI=1S/C21H29N7O.C15H23F2N/c1-21(2,3)17-11-15-13-28(20(29)27-18(15)26-17)16-7-5-14(6-8-16)12-24-9-4-10-25-19(22)23;1-10(18)6-5-7-11-8-12(15(2,3)4)14(17)13(16)9-11/h5-8,11,13,24H,4,9-10,12H2,1-3H3,(H4,22,23,25)(H,26,27,29);8-10H,5-7,18H2,1-4H3/t;10-/m.0/s1. The number of guanidine groups is 1. The van der Waals surface area contributed by atoms with Gasteiger partial charge in [0.2, 0.25) is 0 Å². The van der Waals surface area contributed by atoms with Crippen LogP contribution in [0.1, 0.15) is 90.1 Å². The zero-order chi connectivity index (χ0) is 34.9. The molecule has 4 aromatic rings. The topological polar surface area (TPSA) is 153 Å². The average molecular weight is 651 g/mol. The lowest BCUT2D eigenvalue weighted by Gasteiger charge is -2.21. The third-order valence-corrected chi connectivity index (χ3v) is 7.69. The number of nitrogens with zero attached hydrogens (tertiary/aromatic N) is 3. The second-order valence-electron chi connectivity index (χ2n) is 14.2. The second-order valence-corrected chi connectivity index (χ2v) is 14.2. The van der Waals surface area contributed by atoms with Gasteiger partial charge in [0.1, 0.15) is 5.65 Å². The quantitative estimate of drug-likeness (QED) is 0.0798. The van der Waals surface area contributed by atoms with Gasteiger partial charge in [0.15, 0.2) is 17.6 Å². The van der Waals surface area contributed by atoms with Crippen LogP contribution in [0.25, 0.3) is 16.7 Å². The Balaban J connectivity index is 0.000000287. The summed E-state index contributed by atoms with van der Waals surface area (Å²) in [5.41, 5.74) is 20.4. The molecule has 0 radical (unpaired) electrons. The molecule has 0 bridgehead atoms. The number of halogens is 2. The molecule has 0 fully saturated rings. The number of rotatable bonds is 11. The predicted octanol–water partition coefficient (Wildman–Crippen LogP) is 5.70. The maximum Gasteiger partial charge on any atom is 0.354 e. The van der Waals surface area contributed by atoms with Crippen molar-refractivity contribution < 1.29 is 8.78 Å². The van der Waals surface area contributed by atoms with Gasteiger partial charge < -0.3 is 27.5 Å². The van der Waals surface area contributed by atoms with Crippen molar-refractivity contribution in [1.29, 1.82) is 0 Å². The molecule has 0 saturated heterocycles. The molecule has 0 unspecified atom stereocenters. The molecule has 0 aliphatic carbocycles. The maximum atomic E-state index is 13.7. The summed E-state index contributed by atoms with van der Waals surface area (Å²) in [7, 11) is 0. The highest BCUT2D eigenvalue weighted by Crippen LogP contribution is 2.28. The van der Waals surface area contributed by atoms with Crippen molar-refractivity contribution in [3.8, 4) is 5.69 Å². The minimum absolute atomic E-state index is 0.0352. The molecule has 11 heteroatoms. The van der Waals surface area contributed by atoms with Gasteiger partial charge in [-0.2, -0.15) is 4.98 Å². The fraction of sp³-hybridized carbons (Fsp3) is 0.472. The van der Waals surface area contributed by atoms with Crippen molar-refractivity contribution in [2.24, 2.45) is 22.2 Å². The van der Waals surface area contributed by atoms with E-state index in [1.54, 1.807) is 10.6 Å². The van der Waals surface area contributed by atoms with Crippen LogP contribution in [0.4, 0.5) is 8.78 Å². The van der Waals surface area contributed by atoms with Gasteiger partial charge in [-0.3, -0.25) is 9.56 Å². The van der Waals surface area contributed by atoms with E-state index in [4.69, 9.17) is 17.2 Å². The van der Waals surface area contributed by atoms with Crippen LogP contribution >= 0.6 is 0 Å². The molecule has 0 aliphatic heterocycles. The third kappa shape index (κ3) is 11.3. The number of aromatic nitrogens is 3. The SMILES string of the molecule is CC(C)(C)c1cc2cn(-c3ccc(CNCCCN=C(N)N)cc3)c(=O)nc2[nH]1.C[C@H](N)CCCc1cc(F)c(F)c(C(C)(C)C)c1. The zero-order valence-corrected chi connectivity index (χ0v) is 28.9. The molecule has 1 atom stereocenters. The van der Waals surface area contributed by atoms with Gasteiger partial charge in [-0.25, -0.2) is 13.6 Å². The number of nitrogens with one attached hydrogen (secondary N) is 2. The molecule has 0 aliphatic rings. The highest BCUT2D eigenvalue weighted by atomic mass is 19.2. The molecule has 2 heterocycles. The smallest absolute Gasteiger partial charge is 0.354 e. The number of hydrogen-bond acceptors (Lipinski definition) is 5. The van der Waals surface area contributed by atoms with Crippen molar-refractivity contribution in [3.05, 3.63) is 93.2 Å². The second kappa shape index (κ2) is 16.1. The van der Waals surface area contributed by atoms with Crippen molar-refractivity contribution in [2.45, 2.75) is 97.6 Å². The van der Waals surface area contributed by atoms with E-state index >= 15 is 0 Å². The van der Waals surface area contributed by atoms with E-state index in [0.29, 0.717) is 17.8 Å². The summed E-state index contributed by atoms with van der Waals surface area (Å²) >= 11 is 0. The van der Waals surface area contributed by atoms with E-state index in [2.05, 4.69) is 47.1 Å². The number of nitrogens with two attached hydrogens (primary N) is 3. The number of benzene rings is 2. The predicted molar refractivity (Wildman–Crippen MR) is 189 cm³/mol. The molecular formula is C36H52F2N8O. The number of aryl methyl sites for hydroxylation is 1. The van der Waals surface area contributed by atoms with Gasteiger partial charge in [-0.15, -0.1) is 0 Å². The summed E-state index contributed by atoms with van der Waals surface area (Å²) in [4.78, 5) is 23.9. The summed E-state index contributed by atoms with van der Waals surface area (Å²) < 4.78 is 28.9.